The molecule has 182 valence electrons. The SMILES string of the molecule is OC(CNc1ccc(F)c(F)c1)COc1ccc(OCC(O)CNc2ccc(F)c(F)c2)cc1. The standard InChI is InChI=1S/C24H24F4N2O4/c25-21-7-1-15(9-23(21)27)29-11-17(31)13-33-19-3-5-20(6-4-19)34-14-18(32)12-30-16-2-8-22(26)24(28)10-16/h1-10,17-18,29-32H,11-14H2. The van der Waals surface area contributed by atoms with Crippen LogP contribution in [0.5, 0.6) is 11.5 Å². The monoisotopic (exact) mass is 480 g/mol. The summed E-state index contributed by atoms with van der Waals surface area (Å²) >= 11 is 0. The average Bonchev–Trinajstić information content (AvgIpc) is 2.83. The van der Waals surface area contributed by atoms with E-state index in [1.165, 1.54) is 12.1 Å². The van der Waals surface area contributed by atoms with E-state index < -0.39 is 35.5 Å². The molecule has 0 bridgehead atoms. The lowest BCUT2D eigenvalue weighted by molar-refractivity contribution is 0.115. The van der Waals surface area contributed by atoms with Crippen molar-refractivity contribution in [2.75, 3.05) is 36.9 Å². The van der Waals surface area contributed by atoms with Crippen molar-refractivity contribution < 1.29 is 37.2 Å². The lowest BCUT2D eigenvalue weighted by Crippen LogP contribution is -2.26. The molecule has 0 aliphatic carbocycles. The van der Waals surface area contributed by atoms with Crippen molar-refractivity contribution in [3.8, 4) is 11.5 Å². The maximum atomic E-state index is 13.2. The first-order valence-corrected chi connectivity index (χ1v) is 10.4. The highest BCUT2D eigenvalue weighted by Gasteiger charge is 2.09. The van der Waals surface area contributed by atoms with Gasteiger partial charge in [0, 0.05) is 36.6 Å². The lowest BCUT2D eigenvalue weighted by Gasteiger charge is -2.15. The van der Waals surface area contributed by atoms with E-state index in [-0.39, 0.29) is 26.3 Å². The van der Waals surface area contributed by atoms with Crippen molar-refractivity contribution in [1.82, 2.24) is 0 Å². The highest BCUT2D eigenvalue weighted by atomic mass is 19.2. The van der Waals surface area contributed by atoms with Crippen molar-refractivity contribution in [3.63, 3.8) is 0 Å². The molecular formula is C24H24F4N2O4. The molecule has 4 N–H and O–H groups in total. The van der Waals surface area contributed by atoms with Gasteiger partial charge in [0.2, 0.25) is 0 Å². The molecule has 0 saturated heterocycles. The highest BCUT2D eigenvalue weighted by Crippen LogP contribution is 2.19. The zero-order valence-corrected chi connectivity index (χ0v) is 18.0. The smallest absolute Gasteiger partial charge is 0.160 e. The third-order valence-corrected chi connectivity index (χ3v) is 4.63. The van der Waals surface area contributed by atoms with Crippen LogP contribution in [-0.2, 0) is 0 Å². The maximum Gasteiger partial charge on any atom is 0.160 e. The molecule has 6 nitrogen and oxygen atoms in total. The van der Waals surface area contributed by atoms with E-state index in [0.29, 0.717) is 22.9 Å². The van der Waals surface area contributed by atoms with Crippen molar-refractivity contribution in [3.05, 3.63) is 83.9 Å². The summed E-state index contributed by atoms with van der Waals surface area (Å²) in [5.74, 6) is -2.92. The zero-order chi connectivity index (χ0) is 24.5. The Morgan fingerprint density at radius 2 is 0.971 bits per heavy atom. The molecule has 2 unspecified atom stereocenters. The van der Waals surface area contributed by atoms with Gasteiger partial charge in [-0.25, -0.2) is 17.6 Å². The molecule has 0 radical (unpaired) electrons. The number of hydrogen-bond donors (Lipinski definition) is 4. The number of rotatable bonds is 12. The van der Waals surface area contributed by atoms with Gasteiger partial charge in [-0.15, -0.1) is 0 Å². The van der Waals surface area contributed by atoms with Crippen LogP contribution < -0.4 is 20.1 Å². The molecular weight excluding hydrogens is 456 g/mol. The fourth-order valence-electron chi connectivity index (χ4n) is 2.82. The summed E-state index contributed by atoms with van der Waals surface area (Å²) in [5, 5.41) is 25.6. The summed E-state index contributed by atoms with van der Waals surface area (Å²) < 4.78 is 63.2. The van der Waals surface area contributed by atoms with E-state index >= 15 is 0 Å². The van der Waals surface area contributed by atoms with Crippen LogP contribution in [0.2, 0.25) is 0 Å². The van der Waals surface area contributed by atoms with E-state index in [4.69, 9.17) is 9.47 Å². The number of aliphatic hydroxyl groups is 2. The van der Waals surface area contributed by atoms with E-state index in [9.17, 15) is 27.8 Å². The minimum Gasteiger partial charge on any atom is -0.491 e. The quantitative estimate of drug-likeness (QED) is 0.294. The molecule has 0 spiro atoms. The molecule has 2 atom stereocenters. The van der Waals surface area contributed by atoms with Crippen LogP contribution in [-0.4, -0.2) is 48.7 Å². The van der Waals surface area contributed by atoms with Gasteiger partial charge in [0.25, 0.3) is 0 Å². The molecule has 0 amide bonds. The molecule has 10 heteroatoms. The fourth-order valence-corrected chi connectivity index (χ4v) is 2.82. The summed E-state index contributed by atoms with van der Waals surface area (Å²) in [6, 6.07) is 13.2. The van der Waals surface area contributed by atoms with E-state index in [1.807, 2.05) is 0 Å². The number of ether oxygens (including phenoxy) is 2. The third-order valence-electron chi connectivity index (χ3n) is 4.63. The second-order valence-corrected chi connectivity index (χ2v) is 7.42. The number of nitrogens with one attached hydrogen (secondary N) is 2. The Labute approximate surface area is 193 Å². The normalized spacial score (nSPS) is 12.6. The van der Waals surface area contributed by atoms with Crippen LogP contribution in [0.25, 0.3) is 0 Å². The van der Waals surface area contributed by atoms with E-state index in [1.54, 1.807) is 24.3 Å². The Kier molecular flexibility index (Phi) is 8.94. The zero-order valence-electron chi connectivity index (χ0n) is 18.0. The average molecular weight is 480 g/mol. The first kappa shape index (κ1) is 25.1. The Balaban J connectivity index is 1.35. The molecule has 3 aromatic rings. The van der Waals surface area contributed by atoms with Crippen LogP contribution in [0.15, 0.2) is 60.7 Å². The van der Waals surface area contributed by atoms with Gasteiger partial charge in [-0.2, -0.15) is 0 Å². The number of hydrogen-bond acceptors (Lipinski definition) is 6. The molecule has 0 heterocycles. The number of aliphatic hydroxyl groups excluding tert-OH is 2. The predicted octanol–water partition coefficient (Wildman–Crippen LogP) is 3.95. The van der Waals surface area contributed by atoms with E-state index in [0.717, 1.165) is 24.3 Å². The van der Waals surface area contributed by atoms with Crippen LogP contribution >= 0.6 is 0 Å². The van der Waals surface area contributed by atoms with Crippen LogP contribution in [0.1, 0.15) is 0 Å². The van der Waals surface area contributed by atoms with Crippen molar-refractivity contribution >= 4 is 11.4 Å². The van der Waals surface area contributed by atoms with Gasteiger partial charge >= 0.3 is 0 Å². The minimum absolute atomic E-state index is 0.0365. The maximum absolute atomic E-state index is 13.2. The molecule has 34 heavy (non-hydrogen) atoms. The largest absolute Gasteiger partial charge is 0.491 e. The predicted molar refractivity (Wildman–Crippen MR) is 119 cm³/mol. The van der Waals surface area contributed by atoms with Gasteiger partial charge in [0.05, 0.1) is 0 Å². The topological polar surface area (TPSA) is 83.0 Å². The molecule has 0 aromatic heterocycles. The van der Waals surface area contributed by atoms with Gasteiger partial charge in [0.1, 0.15) is 36.9 Å². The van der Waals surface area contributed by atoms with Gasteiger partial charge < -0.3 is 30.3 Å². The Bertz CT molecular complexity index is 985. The van der Waals surface area contributed by atoms with Crippen molar-refractivity contribution in [2.24, 2.45) is 0 Å². The molecule has 0 fully saturated rings. The van der Waals surface area contributed by atoms with Gasteiger partial charge in [-0.1, -0.05) is 0 Å². The first-order valence-electron chi connectivity index (χ1n) is 10.4. The Morgan fingerprint density at radius 3 is 1.32 bits per heavy atom. The van der Waals surface area contributed by atoms with E-state index in [2.05, 4.69) is 10.6 Å². The summed E-state index contributed by atoms with van der Waals surface area (Å²) in [6.07, 6.45) is -1.80. The molecule has 0 saturated carbocycles. The fraction of sp³-hybridized carbons (Fsp3) is 0.250. The minimum atomic E-state index is -0.981. The number of anilines is 2. The molecule has 0 aliphatic heterocycles. The number of halogens is 4. The second-order valence-electron chi connectivity index (χ2n) is 7.42. The molecule has 3 rings (SSSR count). The van der Waals surface area contributed by atoms with Gasteiger partial charge in [-0.05, 0) is 48.5 Å². The third kappa shape index (κ3) is 7.82. The first-order chi connectivity index (χ1) is 16.3. The summed E-state index contributed by atoms with van der Waals surface area (Å²) in [6.45, 7) is 0.0714. The van der Waals surface area contributed by atoms with Crippen molar-refractivity contribution in [2.45, 2.75) is 12.2 Å². The summed E-state index contributed by atoms with van der Waals surface area (Å²) in [7, 11) is 0. The van der Waals surface area contributed by atoms with Crippen LogP contribution in [0.3, 0.4) is 0 Å². The van der Waals surface area contributed by atoms with Gasteiger partial charge in [-0.3, -0.25) is 0 Å². The highest BCUT2D eigenvalue weighted by molar-refractivity contribution is 5.44. The van der Waals surface area contributed by atoms with Gasteiger partial charge in [0.15, 0.2) is 23.3 Å². The molecule has 3 aromatic carbocycles. The second kappa shape index (κ2) is 12.1. The summed E-state index contributed by atoms with van der Waals surface area (Å²) in [5.41, 5.74) is 0.670. The van der Waals surface area contributed by atoms with Crippen molar-refractivity contribution in [1.29, 1.82) is 0 Å². The van der Waals surface area contributed by atoms with Crippen LogP contribution in [0, 0.1) is 23.3 Å². The summed E-state index contributed by atoms with van der Waals surface area (Å²) in [4.78, 5) is 0. The lowest BCUT2D eigenvalue weighted by atomic mass is 10.2. The Morgan fingerprint density at radius 1 is 0.588 bits per heavy atom. The number of benzene rings is 3. The van der Waals surface area contributed by atoms with Crippen LogP contribution in [0.4, 0.5) is 28.9 Å². The Hall–Kier alpha value is -3.50. The molecule has 0 aliphatic rings.